The summed E-state index contributed by atoms with van der Waals surface area (Å²) in [7, 11) is 0.694. The minimum atomic E-state index is -4.00. The number of methoxy groups -OCH3 is 1. The van der Waals surface area contributed by atoms with E-state index in [0.717, 1.165) is 30.5 Å². The van der Waals surface area contributed by atoms with E-state index < -0.39 is 23.3 Å². The molecular formula is C17H16F4O. The molecule has 1 nitrogen and oxygen atoms in total. The van der Waals surface area contributed by atoms with Crippen molar-refractivity contribution in [2.45, 2.75) is 25.9 Å². The first-order valence-corrected chi connectivity index (χ1v) is 6.91. The normalized spacial score (nSPS) is 11.7. The molecule has 2 aromatic rings. The van der Waals surface area contributed by atoms with E-state index in [4.69, 9.17) is 0 Å². The van der Waals surface area contributed by atoms with Crippen LogP contribution in [0.4, 0.5) is 17.6 Å². The topological polar surface area (TPSA) is 9.23 Å². The molecule has 0 aliphatic carbocycles. The Morgan fingerprint density at radius 3 is 1.95 bits per heavy atom. The monoisotopic (exact) mass is 312 g/mol. The van der Waals surface area contributed by atoms with Crippen molar-refractivity contribution >= 4 is 0 Å². The number of halogens is 4. The number of benzene rings is 2. The van der Waals surface area contributed by atoms with E-state index in [2.05, 4.69) is 4.74 Å². The van der Waals surface area contributed by atoms with Crippen molar-refractivity contribution in [1.82, 2.24) is 0 Å². The molecule has 0 aliphatic rings. The fraction of sp³-hybridized carbons (Fsp3) is 0.294. The third-order valence-electron chi connectivity index (χ3n) is 3.42. The van der Waals surface area contributed by atoms with Gasteiger partial charge in [0.15, 0.2) is 0 Å². The van der Waals surface area contributed by atoms with Crippen molar-refractivity contribution in [2.75, 3.05) is 7.11 Å². The highest BCUT2D eigenvalue weighted by Crippen LogP contribution is 2.35. The van der Waals surface area contributed by atoms with Gasteiger partial charge >= 0.3 is 6.11 Å². The number of alkyl halides is 2. The zero-order chi connectivity index (χ0) is 16.3. The summed E-state index contributed by atoms with van der Waals surface area (Å²) in [5.74, 6) is -2.67. The van der Waals surface area contributed by atoms with Crippen LogP contribution in [0.1, 0.15) is 24.5 Å². The van der Waals surface area contributed by atoms with Crippen molar-refractivity contribution in [1.29, 1.82) is 0 Å². The lowest BCUT2D eigenvalue weighted by atomic mass is 10.00. The Morgan fingerprint density at radius 2 is 1.50 bits per heavy atom. The highest BCUT2D eigenvalue weighted by molar-refractivity contribution is 5.64. The van der Waals surface area contributed by atoms with Crippen LogP contribution >= 0.6 is 0 Å². The second-order valence-electron chi connectivity index (χ2n) is 4.98. The quantitative estimate of drug-likeness (QED) is 0.683. The van der Waals surface area contributed by atoms with Gasteiger partial charge in [-0.15, -0.1) is 0 Å². The van der Waals surface area contributed by atoms with Crippen molar-refractivity contribution in [2.24, 2.45) is 0 Å². The Kier molecular flexibility index (Phi) is 4.86. The van der Waals surface area contributed by atoms with Crippen LogP contribution in [0, 0.1) is 11.6 Å². The zero-order valence-electron chi connectivity index (χ0n) is 12.3. The van der Waals surface area contributed by atoms with E-state index >= 15 is 0 Å². The molecule has 0 N–H and O–H groups in total. The molecule has 0 heterocycles. The van der Waals surface area contributed by atoms with Crippen LogP contribution in [-0.2, 0) is 17.3 Å². The highest BCUT2D eigenvalue weighted by Gasteiger charge is 2.38. The Balaban J connectivity index is 2.42. The summed E-state index contributed by atoms with van der Waals surface area (Å²) in [6.07, 6.45) is -2.11. The first-order valence-electron chi connectivity index (χ1n) is 6.91. The Morgan fingerprint density at radius 1 is 0.955 bits per heavy atom. The van der Waals surface area contributed by atoms with Gasteiger partial charge in [-0.3, -0.25) is 0 Å². The fourth-order valence-corrected chi connectivity index (χ4v) is 2.27. The lowest BCUT2D eigenvalue weighted by Crippen LogP contribution is -2.20. The first-order chi connectivity index (χ1) is 10.4. The molecule has 0 fully saturated rings. The van der Waals surface area contributed by atoms with E-state index in [1.54, 1.807) is 12.1 Å². The van der Waals surface area contributed by atoms with Gasteiger partial charge in [0.1, 0.15) is 17.2 Å². The fourth-order valence-electron chi connectivity index (χ4n) is 2.27. The number of rotatable bonds is 5. The minimum Gasteiger partial charge on any atom is -0.320 e. The van der Waals surface area contributed by atoms with Crippen LogP contribution in [0.15, 0.2) is 36.4 Å². The van der Waals surface area contributed by atoms with E-state index in [1.165, 1.54) is 0 Å². The van der Waals surface area contributed by atoms with E-state index in [9.17, 15) is 17.6 Å². The molecule has 0 spiro atoms. The Bertz CT molecular complexity index is 627. The lowest BCUT2D eigenvalue weighted by Gasteiger charge is -2.16. The molecule has 22 heavy (non-hydrogen) atoms. The maximum Gasteiger partial charge on any atom is 0.388 e. The molecule has 0 aromatic heterocycles. The molecule has 2 rings (SSSR count). The average Bonchev–Trinajstić information content (AvgIpc) is 2.47. The van der Waals surface area contributed by atoms with Gasteiger partial charge in [-0.1, -0.05) is 37.6 Å². The first kappa shape index (κ1) is 16.5. The number of hydrogen-bond donors (Lipinski definition) is 0. The largest absolute Gasteiger partial charge is 0.388 e. The van der Waals surface area contributed by atoms with Crippen LogP contribution in [0.5, 0.6) is 0 Å². The molecule has 0 saturated carbocycles. The summed E-state index contributed by atoms with van der Waals surface area (Å²) in [5.41, 5.74) is 0.495. The molecule has 118 valence electrons. The molecule has 0 saturated heterocycles. The van der Waals surface area contributed by atoms with Crippen molar-refractivity contribution in [3.63, 3.8) is 0 Å². The van der Waals surface area contributed by atoms with E-state index in [-0.39, 0.29) is 5.56 Å². The lowest BCUT2D eigenvalue weighted by molar-refractivity contribution is -0.235. The molecule has 2 aromatic carbocycles. The second kappa shape index (κ2) is 6.48. The predicted molar refractivity (Wildman–Crippen MR) is 76.7 cm³/mol. The summed E-state index contributed by atoms with van der Waals surface area (Å²) in [5, 5.41) is 0. The molecule has 0 atom stereocenters. The number of aryl methyl sites for hydroxylation is 1. The molecule has 0 unspecified atom stereocenters. The van der Waals surface area contributed by atoms with Gasteiger partial charge in [0.05, 0.1) is 0 Å². The second-order valence-corrected chi connectivity index (χ2v) is 4.98. The molecule has 0 amide bonds. The zero-order valence-corrected chi connectivity index (χ0v) is 12.3. The van der Waals surface area contributed by atoms with Gasteiger partial charge in [0.2, 0.25) is 0 Å². The SMILES string of the molecule is CCCc1ccc(-c2cc(F)c(C(F)(F)OC)c(F)c2)cc1. The third-order valence-corrected chi connectivity index (χ3v) is 3.42. The number of hydrogen-bond acceptors (Lipinski definition) is 1. The molecule has 0 bridgehead atoms. The van der Waals surface area contributed by atoms with Gasteiger partial charge in [-0.2, -0.15) is 8.78 Å². The van der Waals surface area contributed by atoms with E-state index in [1.807, 2.05) is 19.1 Å². The Hall–Kier alpha value is -1.88. The highest BCUT2D eigenvalue weighted by atomic mass is 19.3. The maximum atomic E-state index is 13.9. The predicted octanol–water partition coefficient (Wildman–Crippen LogP) is 5.28. The standard InChI is InChI=1S/C17H16F4O/c1-3-4-11-5-7-12(8-6-11)13-9-14(18)16(15(19)10-13)17(20,21)22-2/h5-10H,3-4H2,1-2H3. The van der Waals surface area contributed by atoms with Crippen molar-refractivity contribution < 1.29 is 22.3 Å². The van der Waals surface area contributed by atoms with Crippen LogP contribution < -0.4 is 0 Å². The van der Waals surface area contributed by atoms with Gasteiger partial charge < -0.3 is 4.74 Å². The van der Waals surface area contributed by atoms with Gasteiger partial charge in [-0.05, 0) is 35.2 Å². The van der Waals surface area contributed by atoms with Gasteiger partial charge in [0, 0.05) is 7.11 Å². The van der Waals surface area contributed by atoms with Crippen LogP contribution in [-0.4, -0.2) is 7.11 Å². The van der Waals surface area contributed by atoms with Crippen molar-refractivity contribution in [3.05, 3.63) is 59.2 Å². The van der Waals surface area contributed by atoms with E-state index in [0.29, 0.717) is 12.7 Å². The number of ether oxygens (including phenoxy) is 1. The molecular weight excluding hydrogens is 296 g/mol. The Labute approximate surface area is 126 Å². The smallest absolute Gasteiger partial charge is 0.320 e. The van der Waals surface area contributed by atoms with Gasteiger partial charge in [-0.25, -0.2) is 8.78 Å². The minimum absolute atomic E-state index is 0.203. The summed E-state index contributed by atoms with van der Waals surface area (Å²) in [6, 6.07) is 8.92. The summed E-state index contributed by atoms with van der Waals surface area (Å²) in [6.45, 7) is 2.05. The molecule has 0 aliphatic heterocycles. The summed E-state index contributed by atoms with van der Waals surface area (Å²) < 4.78 is 58.4. The maximum absolute atomic E-state index is 13.9. The average molecular weight is 312 g/mol. The van der Waals surface area contributed by atoms with Crippen molar-refractivity contribution in [3.8, 4) is 11.1 Å². The third kappa shape index (κ3) is 3.30. The summed E-state index contributed by atoms with van der Waals surface area (Å²) >= 11 is 0. The van der Waals surface area contributed by atoms with Crippen LogP contribution in [0.3, 0.4) is 0 Å². The van der Waals surface area contributed by atoms with Crippen LogP contribution in [0.2, 0.25) is 0 Å². The van der Waals surface area contributed by atoms with Gasteiger partial charge in [0.25, 0.3) is 0 Å². The van der Waals surface area contributed by atoms with Crippen LogP contribution in [0.25, 0.3) is 11.1 Å². The summed E-state index contributed by atoms with van der Waals surface area (Å²) in [4.78, 5) is 0. The molecule has 5 heteroatoms. The molecule has 0 radical (unpaired) electrons.